The second-order valence-corrected chi connectivity index (χ2v) is 6.91. The molecule has 3 N–H and O–H groups in total. The molecule has 8 heteroatoms. The van der Waals surface area contributed by atoms with Gasteiger partial charge in [-0.05, 0) is 36.2 Å². The van der Waals surface area contributed by atoms with Gasteiger partial charge < -0.3 is 20.7 Å². The molecule has 0 aliphatic carbocycles. The fourth-order valence-electron chi connectivity index (χ4n) is 3.41. The molecule has 2 aromatic carbocycles. The summed E-state index contributed by atoms with van der Waals surface area (Å²) in [5, 5.41) is 9.47. The summed E-state index contributed by atoms with van der Waals surface area (Å²) >= 11 is 0. The van der Waals surface area contributed by atoms with Crippen molar-refractivity contribution in [2.75, 3.05) is 32.1 Å². The first-order valence-electron chi connectivity index (χ1n) is 9.80. The number of hydrogen-bond acceptors (Lipinski definition) is 3. The predicted octanol–water partition coefficient (Wildman–Crippen LogP) is 3.81. The van der Waals surface area contributed by atoms with Crippen LogP contribution in [0.15, 0.2) is 53.5 Å². The number of aliphatic imine (C=N–C) groups is 1. The summed E-state index contributed by atoms with van der Waals surface area (Å²) in [5.41, 5.74) is 2.86. The topological polar surface area (TPSA) is 74.8 Å². The highest BCUT2D eigenvalue weighted by atomic mass is 127. The molecule has 0 aromatic heterocycles. The number of hydrogen-bond donors (Lipinski definition) is 3. The molecule has 0 saturated heterocycles. The summed E-state index contributed by atoms with van der Waals surface area (Å²) in [5.74, 6) is 0.464. The average molecular weight is 526 g/mol. The van der Waals surface area contributed by atoms with Gasteiger partial charge in [-0.3, -0.25) is 9.79 Å². The van der Waals surface area contributed by atoms with Crippen LogP contribution in [0.1, 0.15) is 36.5 Å². The van der Waals surface area contributed by atoms with E-state index in [4.69, 9.17) is 4.74 Å². The van der Waals surface area contributed by atoms with Crippen molar-refractivity contribution in [2.24, 2.45) is 4.99 Å². The van der Waals surface area contributed by atoms with Gasteiger partial charge in [0.25, 0.3) is 0 Å². The third-order valence-electron chi connectivity index (χ3n) is 4.91. The van der Waals surface area contributed by atoms with Crippen LogP contribution in [0.2, 0.25) is 0 Å². The van der Waals surface area contributed by atoms with Crippen LogP contribution in [0.4, 0.5) is 10.1 Å². The standard InChI is InChI=1S/C22H27FN4O2.HI/c1-3-24-22(26-14-20(29-2)15-8-10-17(23)11-9-15)25-13-16-12-21(28)27-19-7-5-4-6-18(16)19;/h4-11,16,20H,3,12-14H2,1-2H3,(H,27,28)(H2,24,25,26);1H. The minimum Gasteiger partial charge on any atom is -0.375 e. The predicted molar refractivity (Wildman–Crippen MR) is 128 cm³/mol. The van der Waals surface area contributed by atoms with Gasteiger partial charge in [-0.2, -0.15) is 0 Å². The number of para-hydroxylation sites is 1. The molecule has 1 aliphatic rings. The Kier molecular flexibility index (Phi) is 9.51. The minimum absolute atomic E-state index is 0. The van der Waals surface area contributed by atoms with Crippen molar-refractivity contribution in [3.63, 3.8) is 0 Å². The maximum atomic E-state index is 13.2. The first-order valence-corrected chi connectivity index (χ1v) is 9.80. The number of nitrogens with zero attached hydrogens (tertiary/aromatic N) is 1. The normalized spacial score (nSPS) is 16.7. The van der Waals surface area contributed by atoms with Gasteiger partial charge in [0.1, 0.15) is 11.9 Å². The van der Waals surface area contributed by atoms with E-state index in [2.05, 4.69) is 20.9 Å². The molecule has 162 valence electrons. The van der Waals surface area contributed by atoms with E-state index in [1.54, 1.807) is 19.2 Å². The zero-order valence-electron chi connectivity index (χ0n) is 17.2. The largest absolute Gasteiger partial charge is 0.375 e. The van der Waals surface area contributed by atoms with Crippen molar-refractivity contribution in [3.05, 3.63) is 65.5 Å². The van der Waals surface area contributed by atoms with Gasteiger partial charge in [0.15, 0.2) is 5.96 Å². The van der Waals surface area contributed by atoms with Gasteiger partial charge in [-0.25, -0.2) is 4.39 Å². The fraction of sp³-hybridized carbons (Fsp3) is 0.364. The lowest BCUT2D eigenvalue weighted by molar-refractivity contribution is -0.116. The molecular formula is C22H28FIN4O2. The highest BCUT2D eigenvalue weighted by molar-refractivity contribution is 14.0. The van der Waals surface area contributed by atoms with E-state index in [9.17, 15) is 9.18 Å². The van der Waals surface area contributed by atoms with Crippen molar-refractivity contribution in [2.45, 2.75) is 25.4 Å². The quantitative estimate of drug-likeness (QED) is 0.292. The summed E-state index contributed by atoms with van der Waals surface area (Å²) in [6.45, 7) is 3.68. The third-order valence-corrected chi connectivity index (χ3v) is 4.91. The van der Waals surface area contributed by atoms with Crippen molar-refractivity contribution >= 4 is 41.5 Å². The number of carbonyl (C=O) groups is 1. The van der Waals surface area contributed by atoms with Crippen molar-refractivity contribution in [1.82, 2.24) is 10.6 Å². The molecule has 0 bridgehead atoms. The summed E-state index contributed by atoms with van der Waals surface area (Å²) in [7, 11) is 1.61. The van der Waals surface area contributed by atoms with E-state index >= 15 is 0 Å². The molecule has 0 saturated carbocycles. The fourth-order valence-corrected chi connectivity index (χ4v) is 3.41. The van der Waals surface area contributed by atoms with E-state index in [0.29, 0.717) is 32.0 Å². The molecule has 1 amide bonds. The highest BCUT2D eigenvalue weighted by Gasteiger charge is 2.24. The summed E-state index contributed by atoms with van der Waals surface area (Å²) in [6.07, 6.45) is 0.159. The molecule has 3 rings (SSSR count). The van der Waals surface area contributed by atoms with Gasteiger partial charge in [0, 0.05) is 38.2 Å². The summed E-state index contributed by atoms with van der Waals surface area (Å²) in [6, 6.07) is 14.1. The number of guanidine groups is 1. The van der Waals surface area contributed by atoms with Crippen LogP contribution < -0.4 is 16.0 Å². The monoisotopic (exact) mass is 526 g/mol. The number of anilines is 1. The van der Waals surface area contributed by atoms with E-state index in [-0.39, 0.29) is 47.7 Å². The highest BCUT2D eigenvalue weighted by Crippen LogP contribution is 2.31. The number of fused-ring (bicyclic) bond motifs is 1. The van der Waals surface area contributed by atoms with Crippen molar-refractivity contribution in [1.29, 1.82) is 0 Å². The van der Waals surface area contributed by atoms with Gasteiger partial charge in [-0.1, -0.05) is 30.3 Å². The Morgan fingerprint density at radius 3 is 2.67 bits per heavy atom. The molecule has 6 nitrogen and oxygen atoms in total. The van der Waals surface area contributed by atoms with E-state index < -0.39 is 0 Å². The van der Waals surface area contributed by atoms with Gasteiger partial charge in [0.2, 0.25) is 5.91 Å². The molecule has 0 spiro atoms. The molecule has 2 atom stereocenters. The minimum atomic E-state index is -0.279. The number of amides is 1. The molecular weight excluding hydrogens is 498 g/mol. The number of nitrogens with one attached hydrogen (secondary N) is 3. The van der Waals surface area contributed by atoms with E-state index in [1.807, 2.05) is 31.2 Å². The van der Waals surface area contributed by atoms with Crippen LogP contribution in [0, 0.1) is 5.82 Å². The maximum absolute atomic E-state index is 13.2. The number of methoxy groups -OCH3 is 1. The van der Waals surface area contributed by atoms with Crippen LogP contribution in [-0.4, -0.2) is 38.6 Å². The first kappa shape index (κ1) is 24.1. The van der Waals surface area contributed by atoms with Gasteiger partial charge in [-0.15, -0.1) is 24.0 Å². The van der Waals surface area contributed by atoms with Crippen molar-refractivity contribution < 1.29 is 13.9 Å². The van der Waals surface area contributed by atoms with Crippen LogP contribution in [-0.2, 0) is 9.53 Å². The Labute approximate surface area is 193 Å². The third kappa shape index (κ3) is 6.40. The molecule has 1 heterocycles. The number of carbonyl (C=O) groups excluding carboxylic acids is 1. The molecule has 0 radical (unpaired) electrons. The lowest BCUT2D eigenvalue weighted by Gasteiger charge is -2.26. The van der Waals surface area contributed by atoms with E-state index in [0.717, 1.165) is 16.8 Å². The van der Waals surface area contributed by atoms with Gasteiger partial charge >= 0.3 is 0 Å². The van der Waals surface area contributed by atoms with Crippen molar-refractivity contribution in [3.8, 4) is 0 Å². The molecule has 2 aromatic rings. The zero-order valence-corrected chi connectivity index (χ0v) is 19.5. The second kappa shape index (κ2) is 11.8. The Morgan fingerprint density at radius 1 is 1.23 bits per heavy atom. The number of halogens is 2. The Morgan fingerprint density at radius 2 is 1.97 bits per heavy atom. The Hall–Kier alpha value is -2.20. The molecule has 2 unspecified atom stereocenters. The lowest BCUT2D eigenvalue weighted by Crippen LogP contribution is -2.41. The number of benzene rings is 2. The summed E-state index contributed by atoms with van der Waals surface area (Å²) in [4.78, 5) is 16.6. The van der Waals surface area contributed by atoms with Crippen LogP contribution >= 0.6 is 24.0 Å². The number of rotatable bonds is 7. The smallest absolute Gasteiger partial charge is 0.225 e. The lowest BCUT2D eigenvalue weighted by atomic mass is 9.90. The van der Waals surface area contributed by atoms with E-state index in [1.165, 1.54) is 12.1 Å². The first-order chi connectivity index (χ1) is 14.1. The van der Waals surface area contributed by atoms with Gasteiger partial charge in [0.05, 0.1) is 6.54 Å². The van der Waals surface area contributed by atoms with Crippen LogP contribution in [0.5, 0.6) is 0 Å². The van der Waals surface area contributed by atoms with Crippen LogP contribution in [0.25, 0.3) is 0 Å². The zero-order chi connectivity index (χ0) is 20.6. The maximum Gasteiger partial charge on any atom is 0.225 e. The molecule has 0 fully saturated rings. The summed E-state index contributed by atoms with van der Waals surface area (Å²) < 4.78 is 18.7. The Bertz CT molecular complexity index is 860. The molecule has 1 aliphatic heterocycles. The molecule has 30 heavy (non-hydrogen) atoms. The SMILES string of the molecule is CCNC(=NCC(OC)c1ccc(F)cc1)NCC1CC(=O)Nc2ccccc21.I. The number of ether oxygens (including phenoxy) is 1. The Balaban J connectivity index is 0.00000320. The van der Waals surface area contributed by atoms with Crippen LogP contribution in [0.3, 0.4) is 0 Å². The average Bonchev–Trinajstić information content (AvgIpc) is 2.73. The second-order valence-electron chi connectivity index (χ2n) is 6.91.